The molecule has 0 bridgehead atoms. The van der Waals surface area contributed by atoms with Gasteiger partial charge in [0.05, 0.1) is 13.2 Å². The van der Waals surface area contributed by atoms with Gasteiger partial charge in [0.2, 0.25) is 0 Å². The molecule has 1 fully saturated rings. The van der Waals surface area contributed by atoms with Crippen LogP contribution in [-0.2, 0) is 4.74 Å². The number of hydrogen-bond acceptors (Lipinski definition) is 3. The summed E-state index contributed by atoms with van der Waals surface area (Å²) in [5.41, 5.74) is 5.60. The first-order valence-corrected chi connectivity index (χ1v) is 8.13. The number of morpholine rings is 1. The zero-order valence-electron chi connectivity index (χ0n) is 14.2. The number of ether oxygens (including phenoxy) is 1. The molecule has 0 saturated carbocycles. The Morgan fingerprint density at radius 2 is 1.95 bits per heavy atom. The molecule has 0 aliphatic carbocycles. The van der Waals surface area contributed by atoms with Gasteiger partial charge in [0.1, 0.15) is 0 Å². The zero-order valence-corrected chi connectivity index (χ0v) is 14.2. The molecule has 1 N–H and O–H groups in total. The van der Waals surface area contributed by atoms with Crippen LogP contribution in [0.15, 0.2) is 12.1 Å². The van der Waals surface area contributed by atoms with Crippen LogP contribution in [0.5, 0.6) is 0 Å². The van der Waals surface area contributed by atoms with Crippen molar-refractivity contribution in [3.63, 3.8) is 0 Å². The topological polar surface area (TPSA) is 24.5 Å². The van der Waals surface area contributed by atoms with Crippen molar-refractivity contribution < 1.29 is 4.74 Å². The number of aryl methyl sites for hydroxylation is 3. The van der Waals surface area contributed by atoms with E-state index in [9.17, 15) is 0 Å². The van der Waals surface area contributed by atoms with Crippen molar-refractivity contribution in [2.75, 3.05) is 33.4 Å². The molecule has 1 saturated heterocycles. The SMILES string of the molecule is CCC1COCCN1CC(NC)c1c(C)cc(C)cc1C. The summed E-state index contributed by atoms with van der Waals surface area (Å²) in [7, 11) is 2.07. The largest absolute Gasteiger partial charge is 0.378 e. The molecular weight excluding hydrogens is 260 g/mol. The molecule has 0 spiro atoms. The Balaban J connectivity index is 2.20. The molecular formula is C18H30N2O. The predicted octanol–water partition coefficient (Wildman–Crippen LogP) is 2.98. The molecule has 3 heteroatoms. The zero-order chi connectivity index (χ0) is 15.4. The van der Waals surface area contributed by atoms with E-state index in [0.717, 1.165) is 32.7 Å². The Kier molecular flexibility index (Phi) is 5.80. The minimum Gasteiger partial charge on any atom is -0.378 e. The smallest absolute Gasteiger partial charge is 0.0622 e. The van der Waals surface area contributed by atoms with E-state index >= 15 is 0 Å². The van der Waals surface area contributed by atoms with Crippen LogP contribution in [0, 0.1) is 20.8 Å². The molecule has 1 aliphatic rings. The predicted molar refractivity (Wildman–Crippen MR) is 88.9 cm³/mol. The van der Waals surface area contributed by atoms with Crippen LogP contribution in [0.3, 0.4) is 0 Å². The van der Waals surface area contributed by atoms with Crippen LogP contribution in [0.1, 0.15) is 41.6 Å². The maximum Gasteiger partial charge on any atom is 0.0622 e. The van der Waals surface area contributed by atoms with Gasteiger partial charge in [-0.25, -0.2) is 0 Å². The Labute approximate surface area is 129 Å². The number of nitrogens with one attached hydrogen (secondary N) is 1. The van der Waals surface area contributed by atoms with E-state index < -0.39 is 0 Å². The van der Waals surface area contributed by atoms with E-state index in [1.54, 1.807) is 0 Å². The summed E-state index contributed by atoms with van der Waals surface area (Å²) >= 11 is 0. The van der Waals surface area contributed by atoms with E-state index in [0.29, 0.717) is 12.1 Å². The van der Waals surface area contributed by atoms with E-state index in [2.05, 4.69) is 57.1 Å². The molecule has 1 aromatic carbocycles. The number of likely N-dealkylation sites (N-methyl/N-ethyl adjacent to an activating group) is 1. The number of hydrogen-bond donors (Lipinski definition) is 1. The fraction of sp³-hybridized carbons (Fsp3) is 0.667. The van der Waals surface area contributed by atoms with Crippen LogP contribution >= 0.6 is 0 Å². The lowest BCUT2D eigenvalue weighted by molar-refractivity contribution is -0.0124. The molecule has 1 aliphatic heterocycles. The maximum atomic E-state index is 5.63. The van der Waals surface area contributed by atoms with Gasteiger partial charge < -0.3 is 10.1 Å². The lowest BCUT2D eigenvalue weighted by atomic mass is 9.93. The first-order valence-electron chi connectivity index (χ1n) is 8.13. The Morgan fingerprint density at radius 3 is 2.52 bits per heavy atom. The molecule has 1 heterocycles. The quantitative estimate of drug-likeness (QED) is 0.902. The number of benzene rings is 1. The van der Waals surface area contributed by atoms with E-state index in [4.69, 9.17) is 4.74 Å². The van der Waals surface area contributed by atoms with Gasteiger partial charge in [-0.1, -0.05) is 24.6 Å². The standard InChI is InChI=1S/C18H30N2O/c1-6-16-12-21-8-7-20(16)11-17(19-5)18-14(3)9-13(2)10-15(18)4/h9-10,16-17,19H,6-8,11-12H2,1-5H3. The molecule has 2 atom stereocenters. The third-order valence-corrected chi connectivity index (χ3v) is 4.67. The lowest BCUT2D eigenvalue weighted by Crippen LogP contribution is -2.48. The van der Waals surface area contributed by atoms with Gasteiger partial charge in [-0.2, -0.15) is 0 Å². The Morgan fingerprint density at radius 1 is 1.29 bits per heavy atom. The van der Waals surface area contributed by atoms with Crippen LogP contribution in [-0.4, -0.2) is 44.3 Å². The minimum absolute atomic E-state index is 0.387. The summed E-state index contributed by atoms with van der Waals surface area (Å²) in [6.45, 7) is 12.7. The van der Waals surface area contributed by atoms with Crippen LogP contribution < -0.4 is 5.32 Å². The highest BCUT2D eigenvalue weighted by Crippen LogP contribution is 2.25. The summed E-state index contributed by atoms with van der Waals surface area (Å²) in [6.07, 6.45) is 1.16. The van der Waals surface area contributed by atoms with E-state index in [-0.39, 0.29) is 0 Å². The highest BCUT2D eigenvalue weighted by Gasteiger charge is 2.25. The summed E-state index contributed by atoms with van der Waals surface area (Å²) in [6, 6.07) is 5.53. The van der Waals surface area contributed by atoms with Crippen LogP contribution in [0.4, 0.5) is 0 Å². The van der Waals surface area contributed by atoms with E-state index in [1.807, 2.05) is 0 Å². The van der Waals surface area contributed by atoms with Gasteiger partial charge in [-0.3, -0.25) is 4.90 Å². The summed E-state index contributed by atoms with van der Waals surface area (Å²) in [4.78, 5) is 2.59. The third kappa shape index (κ3) is 3.85. The van der Waals surface area contributed by atoms with Crippen molar-refractivity contribution in [2.45, 2.75) is 46.2 Å². The average Bonchev–Trinajstić information content (AvgIpc) is 2.45. The maximum absolute atomic E-state index is 5.63. The van der Waals surface area contributed by atoms with Gasteiger partial charge in [0.15, 0.2) is 0 Å². The molecule has 2 unspecified atom stereocenters. The number of rotatable bonds is 5. The minimum atomic E-state index is 0.387. The van der Waals surface area contributed by atoms with Gasteiger partial charge in [0.25, 0.3) is 0 Å². The molecule has 0 amide bonds. The van der Waals surface area contributed by atoms with Crippen molar-refractivity contribution in [3.8, 4) is 0 Å². The van der Waals surface area contributed by atoms with Crippen molar-refractivity contribution in [1.29, 1.82) is 0 Å². The van der Waals surface area contributed by atoms with Gasteiger partial charge in [-0.05, 0) is 50.9 Å². The van der Waals surface area contributed by atoms with Gasteiger partial charge in [-0.15, -0.1) is 0 Å². The van der Waals surface area contributed by atoms with Crippen LogP contribution in [0.25, 0.3) is 0 Å². The second-order valence-electron chi connectivity index (χ2n) is 6.29. The van der Waals surface area contributed by atoms with Crippen molar-refractivity contribution >= 4 is 0 Å². The normalized spacial score (nSPS) is 21.5. The first-order chi connectivity index (χ1) is 10.1. The van der Waals surface area contributed by atoms with E-state index in [1.165, 1.54) is 22.3 Å². The van der Waals surface area contributed by atoms with Crippen molar-refractivity contribution in [3.05, 3.63) is 34.4 Å². The molecule has 0 aromatic heterocycles. The third-order valence-electron chi connectivity index (χ3n) is 4.67. The molecule has 21 heavy (non-hydrogen) atoms. The second-order valence-corrected chi connectivity index (χ2v) is 6.29. The molecule has 118 valence electrons. The summed E-state index contributed by atoms with van der Waals surface area (Å²) in [5, 5.41) is 3.53. The van der Waals surface area contributed by atoms with Crippen molar-refractivity contribution in [1.82, 2.24) is 10.2 Å². The van der Waals surface area contributed by atoms with Gasteiger partial charge in [0, 0.05) is 25.2 Å². The molecule has 0 radical (unpaired) electrons. The van der Waals surface area contributed by atoms with Crippen LogP contribution in [0.2, 0.25) is 0 Å². The summed E-state index contributed by atoms with van der Waals surface area (Å²) in [5.74, 6) is 0. The fourth-order valence-corrected chi connectivity index (χ4v) is 3.61. The average molecular weight is 290 g/mol. The summed E-state index contributed by atoms with van der Waals surface area (Å²) < 4.78 is 5.63. The Hall–Kier alpha value is -0.900. The highest BCUT2D eigenvalue weighted by atomic mass is 16.5. The first kappa shape index (κ1) is 16.5. The molecule has 3 nitrogen and oxygen atoms in total. The number of nitrogens with zero attached hydrogens (tertiary/aromatic N) is 1. The molecule has 1 aromatic rings. The fourth-order valence-electron chi connectivity index (χ4n) is 3.61. The Bertz CT molecular complexity index is 449. The monoisotopic (exact) mass is 290 g/mol. The lowest BCUT2D eigenvalue weighted by Gasteiger charge is -2.38. The van der Waals surface area contributed by atoms with Crippen molar-refractivity contribution in [2.24, 2.45) is 0 Å². The van der Waals surface area contributed by atoms with Gasteiger partial charge >= 0.3 is 0 Å². The highest BCUT2D eigenvalue weighted by molar-refractivity contribution is 5.39. The molecule has 2 rings (SSSR count). The second kappa shape index (κ2) is 7.39.